The van der Waals surface area contributed by atoms with Crippen LogP contribution in [0.25, 0.3) is 22.4 Å². The average molecular weight is 414 g/mol. The Morgan fingerprint density at radius 1 is 1.07 bits per heavy atom. The van der Waals surface area contributed by atoms with E-state index in [1.54, 1.807) is 0 Å². The summed E-state index contributed by atoms with van der Waals surface area (Å²) in [7, 11) is 0. The minimum Gasteiger partial charge on any atom is -0.456 e. The van der Waals surface area contributed by atoms with Gasteiger partial charge in [0.2, 0.25) is 0 Å². The number of benzene rings is 1. The van der Waals surface area contributed by atoms with Crippen molar-refractivity contribution in [2.24, 2.45) is 0 Å². The monoisotopic (exact) mass is 413 g/mol. The maximum absolute atomic E-state index is 9.86. The third-order valence-corrected chi connectivity index (χ3v) is 6.17. The third-order valence-electron chi connectivity index (χ3n) is 5.88. The van der Waals surface area contributed by atoms with E-state index in [1.807, 2.05) is 6.07 Å². The number of aliphatic hydroxyl groups is 1. The van der Waals surface area contributed by atoms with Crippen LogP contribution in [-0.2, 0) is 9.47 Å². The summed E-state index contributed by atoms with van der Waals surface area (Å²) < 4.78 is 17.1. The molecule has 2 saturated heterocycles. The Morgan fingerprint density at radius 2 is 1.86 bits per heavy atom. The van der Waals surface area contributed by atoms with Gasteiger partial charge in [0.1, 0.15) is 18.3 Å². The molecule has 1 aromatic carbocycles. The lowest BCUT2D eigenvalue weighted by molar-refractivity contribution is 0.00706. The standard InChI is InChI=1S/C21H20ClN3O4/c22-13-7-14-20(24-17(13)12-5-3-11(4-6-12)10-1-2-10)25-21(23-14)29-16-9-28-18-15(26)8-27-19(16)18/h3-7,10,15-16,18-19,26H,1-2,8-9H2,(H,23,24,25). The zero-order chi connectivity index (χ0) is 19.5. The molecule has 3 aromatic rings. The topological polar surface area (TPSA) is 89.5 Å². The number of imidazole rings is 1. The van der Waals surface area contributed by atoms with Gasteiger partial charge in [-0.25, -0.2) is 4.98 Å². The molecule has 2 aliphatic heterocycles. The van der Waals surface area contributed by atoms with Crippen molar-refractivity contribution >= 4 is 22.8 Å². The van der Waals surface area contributed by atoms with E-state index in [9.17, 15) is 5.11 Å². The van der Waals surface area contributed by atoms with E-state index in [4.69, 9.17) is 25.8 Å². The number of hydrogen-bond acceptors (Lipinski definition) is 6. The molecule has 3 aliphatic rings. The minimum atomic E-state index is -0.612. The zero-order valence-electron chi connectivity index (χ0n) is 15.5. The summed E-state index contributed by atoms with van der Waals surface area (Å²) in [4.78, 5) is 12.2. The lowest BCUT2D eigenvalue weighted by atomic mass is 10.1. The van der Waals surface area contributed by atoms with Crippen LogP contribution in [0.4, 0.5) is 0 Å². The lowest BCUT2D eigenvalue weighted by Gasteiger charge is -2.15. The van der Waals surface area contributed by atoms with E-state index in [-0.39, 0.29) is 24.9 Å². The molecular weight excluding hydrogens is 394 g/mol. The number of H-pyrrole nitrogens is 1. The number of rotatable bonds is 4. The Balaban J connectivity index is 1.27. The predicted molar refractivity (Wildman–Crippen MR) is 106 cm³/mol. The second-order valence-corrected chi connectivity index (χ2v) is 8.35. The van der Waals surface area contributed by atoms with Crippen molar-refractivity contribution in [3.05, 3.63) is 40.9 Å². The van der Waals surface area contributed by atoms with E-state index in [2.05, 4.69) is 39.2 Å². The Hall–Kier alpha value is -2.19. The third kappa shape index (κ3) is 3.09. The van der Waals surface area contributed by atoms with E-state index in [0.29, 0.717) is 40.4 Å². The van der Waals surface area contributed by atoms with Gasteiger partial charge in [-0.15, -0.1) is 0 Å². The molecular formula is C21H20ClN3O4. The van der Waals surface area contributed by atoms with Crippen molar-refractivity contribution in [3.63, 3.8) is 0 Å². The van der Waals surface area contributed by atoms with Crippen LogP contribution in [0, 0.1) is 0 Å². The molecule has 0 bridgehead atoms. The summed E-state index contributed by atoms with van der Waals surface area (Å²) in [6.07, 6.45) is 0.967. The van der Waals surface area contributed by atoms with Crippen LogP contribution >= 0.6 is 11.6 Å². The van der Waals surface area contributed by atoms with E-state index < -0.39 is 6.10 Å². The summed E-state index contributed by atoms with van der Waals surface area (Å²) in [5.74, 6) is 0.713. The summed E-state index contributed by atoms with van der Waals surface area (Å²) >= 11 is 6.50. The van der Waals surface area contributed by atoms with Gasteiger partial charge >= 0.3 is 0 Å². The number of pyridine rings is 1. The van der Waals surface area contributed by atoms with Crippen LogP contribution in [0.2, 0.25) is 5.02 Å². The van der Waals surface area contributed by atoms with Crippen LogP contribution in [0.3, 0.4) is 0 Å². The molecule has 2 N–H and O–H groups in total. The molecule has 0 spiro atoms. The first-order valence-electron chi connectivity index (χ1n) is 9.90. The van der Waals surface area contributed by atoms with E-state index in [0.717, 1.165) is 5.56 Å². The normalized spacial score (nSPS) is 28.8. The Kier molecular flexibility index (Phi) is 4.06. The van der Waals surface area contributed by atoms with Crippen LogP contribution in [-0.4, -0.2) is 57.7 Å². The highest BCUT2D eigenvalue weighted by Crippen LogP contribution is 2.41. The molecule has 1 aliphatic carbocycles. The van der Waals surface area contributed by atoms with Gasteiger partial charge in [0.25, 0.3) is 6.01 Å². The predicted octanol–water partition coefficient (Wildman–Crippen LogP) is 3.06. The van der Waals surface area contributed by atoms with Crippen LogP contribution in [0.1, 0.15) is 24.3 Å². The summed E-state index contributed by atoms with van der Waals surface area (Å²) in [5.41, 5.74) is 4.27. The molecule has 2 aromatic heterocycles. The molecule has 4 atom stereocenters. The molecule has 0 amide bonds. The van der Waals surface area contributed by atoms with Gasteiger partial charge in [0, 0.05) is 5.56 Å². The van der Waals surface area contributed by atoms with Gasteiger partial charge in [-0.1, -0.05) is 35.9 Å². The van der Waals surface area contributed by atoms with E-state index >= 15 is 0 Å². The van der Waals surface area contributed by atoms with Crippen LogP contribution < -0.4 is 4.74 Å². The van der Waals surface area contributed by atoms with Crippen molar-refractivity contribution in [3.8, 4) is 17.3 Å². The molecule has 8 heteroatoms. The summed E-state index contributed by atoms with van der Waals surface area (Å²) in [5, 5.41) is 10.4. The maximum Gasteiger partial charge on any atom is 0.296 e. The second kappa shape index (κ2) is 6.67. The average Bonchev–Trinajstić information content (AvgIpc) is 3.24. The number of aromatic nitrogens is 3. The molecule has 7 nitrogen and oxygen atoms in total. The number of fused-ring (bicyclic) bond motifs is 2. The lowest BCUT2D eigenvalue weighted by Crippen LogP contribution is -2.34. The first kappa shape index (κ1) is 17.7. The Bertz CT molecular complexity index is 1070. The van der Waals surface area contributed by atoms with Gasteiger partial charge < -0.3 is 24.3 Å². The Morgan fingerprint density at radius 3 is 2.66 bits per heavy atom. The highest BCUT2D eigenvalue weighted by molar-refractivity contribution is 6.33. The van der Waals surface area contributed by atoms with Crippen LogP contribution in [0.15, 0.2) is 30.3 Å². The molecule has 4 heterocycles. The second-order valence-electron chi connectivity index (χ2n) is 7.95. The molecule has 4 unspecified atom stereocenters. The number of nitrogens with zero attached hydrogens (tertiary/aromatic N) is 2. The fraction of sp³-hybridized carbons (Fsp3) is 0.429. The number of nitrogens with one attached hydrogen (secondary N) is 1. The molecule has 29 heavy (non-hydrogen) atoms. The van der Waals surface area contributed by atoms with Crippen LogP contribution in [0.5, 0.6) is 6.01 Å². The first-order valence-corrected chi connectivity index (χ1v) is 10.3. The van der Waals surface area contributed by atoms with Gasteiger partial charge in [-0.05, 0) is 30.4 Å². The molecule has 1 saturated carbocycles. The van der Waals surface area contributed by atoms with Crippen molar-refractivity contribution < 1.29 is 19.3 Å². The van der Waals surface area contributed by atoms with E-state index in [1.165, 1.54) is 18.4 Å². The van der Waals surface area contributed by atoms with Crippen molar-refractivity contribution in [2.45, 2.75) is 43.2 Å². The number of ether oxygens (including phenoxy) is 3. The smallest absolute Gasteiger partial charge is 0.296 e. The quantitative estimate of drug-likeness (QED) is 0.683. The summed E-state index contributed by atoms with van der Waals surface area (Å²) in [6.45, 7) is 0.603. The molecule has 3 fully saturated rings. The van der Waals surface area contributed by atoms with Gasteiger partial charge in [0.15, 0.2) is 11.8 Å². The highest BCUT2D eigenvalue weighted by Gasteiger charge is 2.48. The number of aromatic amines is 1. The van der Waals surface area contributed by atoms with Gasteiger partial charge in [-0.3, -0.25) is 0 Å². The molecule has 6 rings (SSSR count). The van der Waals surface area contributed by atoms with Crippen molar-refractivity contribution in [1.82, 2.24) is 15.0 Å². The Labute approximate surface area is 172 Å². The molecule has 150 valence electrons. The van der Waals surface area contributed by atoms with Gasteiger partial charge in [0.05, 0.1) is 29.4 Å². The fourth-order valence-electron chi connectivity index (χ4n) is 4.17. The minimum absolute atomic E-state index is 0.259. The largest absolute Gasteiger partial charge is 0.456 e. The first-order chi connectivity index (χ1) is 14.2. The number of hydrogen-bond donors (Lipinski definition) is 2. The van der Waals surface area contributed by atoms with Gasteiger partial charge in [-0.2, -0.15) is 4.98 Å². The number of halogens is 1. The van der Waals surface area contributed by atoms with Crippen molar-refractivity contribution in [2.75, 3.05) is 13.2 Å². The zero-order valence-corrected chi connectivity index (χ0v) is 16.3. The SMILES string of the molecule is OC1COC2C(Oc3nc4nc(-c5ccc(C6CC6)cc5)c(Cl)cc4[nH]3)COC12. The summed E-state index contributed by atoms with van der Waals surface area (Å²) in [6, 6.07) is 10.6. The van der Waals surface area contributed by atoms with Crippen molar-refractivity contribution in [1.29, 1.82) is 0 Å². The molecule has 0 radical (unpaired) electrons. The number of aliphatic hydroxyl groups excluding tert-OH is 1. The highest BCUT2D eigenvalue weighted by atomic mass is 35.5. The fourth-order valence-corrected chi connectivity index (χ4v) is 4.43. The maximum atomic E-state index is 9.86.